The second-order valence-corrected chi connectivity index (χ2v) is 8.02. The fourth-order valence-electron chi connectivity index (χ4n) is 4.29. The van der Waals surface area contributed by atoms with Gasteiger partial charge < -0.3 is 14.1 Å². The summed E-state index contributed by atoms with van der Waals surface area (Å²) >= 11 is 6.24. The van der Waals surface area contributed by atoms with Crippen LogP contribution in [0, 0.1) is 0 Å². The zero-order valence-electron chi connectivity index (χ0n) is 16.3. The molecule has 2 aliphatic heterocycles. The van der Waals surface area contributed by atoms with Crippen molar-refractivity contribution in [1.82, 2.24) is 9.80 Å². The number of fused-ring (bicyclic) bond motifs is 2. The highest BCUT2D eigenvalue weighted by Gasteiger charge is 2.42. The third-order valence-corrected chi connectivity index (χ3v) is 6.03. The number of rotatable bonds is 4. The van der Waals surface area contributed by atoms with Crippen LogP contribution >= 0.6 is 11.6 Å². The molecule has 154 valence electrons. The highest BCUT2D eigenvalue weighted by Crippen LogP contribution is 2.38. The molecule has 3 aromatic rings. The molecule has 0 unspecified atom stereocenters. The van der Waals surface area contributed by atoms with Gasteiger partial charge in [-0.2, -0.15) is 0 Å². The van der Waals surface area contributed by atoms with Crippen LogP contribution in [0.3, 0.4) is 0 Å². The summed E-state index contributed by atoms with van der Waals surface area (Å²) in [6, 6.07) is 13.8. The first-order valence-electron chi connectivity index (χ1n) is 10.1. The predicted molar refractivity (Wildman–Crippen MR) is 114 cm³/mol. The van der Waals surface area contributed by atoms with Crippen molar-refractivity contribution in [2.24, 2.45) is 0 Å². The Hall–Kier alpha value is -2.67. The molecule has 2 aliphatic rings. The van der Waals surface area contributed by atoms with Crippen molar-refractivity contribution in [2.75, 3.05) is 39.4 Å². The number of carbonyl (C=O) groups is 1. The maximum Gasteiger partial charge on any atom is 0.290 e. The standard InChI is InChI=1S/C23H21ClN2O4/c24-16-5-3-4-15(14-16)20-19-21(27)17-6-1-2-7-18(17)30-22(19)23(28)26(20)9-8-25-10-12-29-13-11-25/h1-7,14,20H,8-13H2/t20-/m1/s1. The topological polar surface area (TPSA) is 63.0 Å². The van der Waals surface area contributed by atoms with Crippen molar-refractivity contribution >= 4 is 28.5 Å². The van der Waals surface area contributed by atoms with Gasteiger partial charge in [-0.3, -0.25) is 14.5 Å². The Morgan fingerprint density at radius 3 is 2.60 bits per heavy atom. The lowest BCUT2D eigenvalue weighted by Gasteiger charge is -2.31. The van der Waals surface area contributed by atoms with E-state index >= 15 is 0 Å². The van der Waals surface area contributed by atoms with Crippen molar-refractivity contribution < 1.29 is 13.9 Å². The van der Waals surface area contributed by atoms with Crippen LogP contribution in [-0.2, 0) is 4.74 Å². The van der Waals surface area contributed by atoms with Gasteiger partial charge in [-0.1, -0.05) is 35.9 Å². The number of amides is 1. The number of ether oxygens (including phenoxy) is 1. The van der Waals surface area contributed by atoms with Crippen molar-refractivity contribution in [3.8, 4) is 0 Å². The van der Waals surface area contributed by atoms with E-state index in [1.54, 1.807) is 35.2 Å². The Kier molecular flexibility index (Phi) is 5.06. The number of hydrogen-bond donors (Lipinski definition) is 0. The summed E-state index contributed by atoms with van der Waals surface area (Å²) in [5.74, 6) is -0.128. The van der Waals surface area contributed by atoms with Crippen LogP contribution in [0.5, 0.6) is 0 Å². The van der Waals surface area contributed by atoms with E-state index in [1.807, 2.05) is 18.2 Å². The molecule has 0 aliphatic carbocycles. The van der Waals surface area contributed by atoms with Gasteiger partial charge in [-0.05, 0) is 29.8 Å². The molecule has 0 N–H and O–H groups in total. The van der Waals surface area contributed by atoms with Gasteiger partial charge in [-0.25, -0.2) is 0 Å². The minimum atomic E-state index is -0.520. The van der Waals surface area contributed by atoms with E-state index in [4.69, 9.17) is 20.8 Å². The molecule has 0 radical (unpaired) electrons. The van der Waals surface area contributed by atoms with Gasteiger partial charge in [0.25, 0.3) is 5.91 Å². The molecular formula is C23H21ClN2O4. The molecule has 1 atom stereocenters. The molecular weight excluding hydrogens is 404 g/mol. The molecule has 5 rings (SSSR count). The Bertz CT molecular complexity index is 1170. The van der Waals surface area contributed by atoms with Crippen LogP contribution in [0.15, 0.2) is 57.7 Å². The number of halogens is 1. The Morgan fingerprint density at radius 1 is 1.00 bits per heavy atom. The van der Waals surface area contributed by atoms with Crippen LogP contribution in [0.4, 0.5) is 0 Å². The van der Waals surface area contributed by atoms with Crippen LogP contribution < -0.4 is 5.43 Å². The third-order valence-electron chi connectivity index (χ3n) is 5.80. The summed E-state index contributed by atoms with van der Waals surface area (Å²) in [5.41, 5.74) is 1.45. The quantitative estimate of drug-likeness (QED) is 0.643. The largest absolute Gasteiger partial charge is 0.450 e. The zero-order valence-corrected chi connectivity index (χ0v) is 17.1. The lowest BCUT2D eigenvalue weighted by molar-refractivity contribution is 0.0314. The SMILES string of the molecule is O=C1c2oc3ccccc3c(=O)c2[C@@H](c2cccc(Cl)c2)N1CCN1CCOCC1. The van der Waals surface area contributed by atoms with Gasteiger partial charge in [0.05, 0.1) is 30.2 Å². The van der Waals surface area contributed by atoms with E-state index < -0.39 is 6.04 Å². The van der Waals surface area contributed by atoms with E-state index in [-0.39, 0.29) is 17.1 Å². The first-order valence-corrected chi connectivity index (χ1v) is 10.4. The smallest absolute Gasteiger partial charge is 0.290 e. The lowest BCUT2D eigenvalue weighted by Crippen LogP contribution is -2.42. The molecule has 1 saturated heterocycles. The number of benzene rings is 2. The number of nitrogens with zero attached hydrogens (tertiary/aromatic N) is 2. The number of para-hydroxylation sites is 1. The molecule has 0 bridgehead atoms. The summed E-state index contributed by atoms with van der Waals surface area (Å²) in [6.45, 7) is 4.23. The average molecular weight is 425 g/mol. The highest BCUT2D eigenvalue weighted by molar-refractivity contribution is 6.30. The third kappa shape index (κ3) is 3.31. The van der Waals surface area contributed by atoms with Crippen LogP contribution in [-0.4, -0.2) is 55.1 Å². The van der Waals surface area contributed by atoms with Gasteiger partial charge >= 0.3 is 0 Å². The van der Waals surface area contributed by atoms with Gasteiger partial charge in [0.15, 0.2) is 5.43 Å². The van der Waals surface area contributed by atoms with Crippen molar-refractivity contribution in [2.45, 2.75) is 6.04 Å². The van der Waals surface area contributed by atoms with E-state index in [9.17, 15) is 9.59 Å². The van der Waals surface area contributed by atoms with E-state index in [0.717, 1.165) is 18.7 Å². The maximum atomic E-state index is 13.4. The number of carbonyl (C=O) groups excluding carboxylic acids is 1. The Balaban J connectivity index is 1.60. The minimum absolute atomic E-state index is 0.130. The van der Waals surface area contributed by atoms with Crippen LogP contribution in [0.25, 0.3) is 11.0 Å². The van der Waals surface area contributed by atoms with Crippen molar-refractivity contribution in [3.63, 3.8) is 0 Å². The predicted octanol–water partition coefficient (Wildman–Crippen LogP) is 3.32. The molecule has 7 heteroatoms. The van der Waals surface area contributed by atoms with E-state index in [0.29, 0.717) is 47.9 Å². The van der Waals surface area contributed by atoms with Gasteiger partial charge in [-0.15, -0.1) is 0 Å². The van der Waals surface area contributed by atoms with Crippen LogP contribution in [0.2, 0.25) is 5.02 Å². The molecule has 1 fully saturated rings. The normalized spacial score (nSPS) is 19.4. The Labute approximate surface area is 178 Å². The van der Waals surface area contributed by atoms with E-state index in [2.05, 4.69) is 4.90 Å². The molecule has 1 amide bonds. The molecule has 1 aromatic heterocycles. The molecule has 2 aromatic carbocycles. The summed E-state index contributed by atoms with van der Waals surface area (Å²) in [5, 5.41) is 1.04. The second-order valence-electron chi connectivity index (χ2n) is 7.58. The molecule has 3 heterocycles. The fourth-order valence-corrected chi connectivity index (χ4v) is 4.49. The summed E-state index contributed by atoms with van der Waals surface area (Å²) < 4.78 is 11.4. The van der Waals surface area contributed by atoms with Crippen molar-refractivity contribution in [3.05, 3.63) is 80.7 Å². The first kappa shape index (κ1) is 19.3. The number of hydrogen-bond acceptors (Lipinski definition) is 5. The molecule has 6 nitrogen and oxygen atoms in total. The number of morpholine rings is 1. The van der Waals surface area contributed by atoms with Crippen molar-refractivity contribution in [1.29, 1.82) is 0 Å². The second kappa shape index (κ2) is 7.87. The molecule has 0 spiro atoms. The van der Waals surface area contributed by atoms with Gasteiger partial charge in [0, 0.05) is 31.2 Å². The maximum absolute atomic E-state index is 13.4. The average Bonchev–Trinajstić information content (AvgIpc) is 3.05. The zero-order chi connectivity index (χ0) is 20.7. The van der Waals surface area contributed by atoms with E-state index in [1.165, 1.54) is 0 Å². The lowest BCUT2D eigenvalue weighted by atomic mass is 9.98. The first-order chi connectivity index (χ1) is 14.6. The van der Waals surface area contributed by atoms with Crippen LogP contribution in [0.1, 0.15) is 27.7 Å². The summed E-state index contributed by atoms with van der Waals surface area (Å²) in [6.07, 6.45) is 0. The highest BCUT2D eigenvalue weighted by atomic mass is 35.5. The summed E-state index contributed by atoms with van der Waals surface area (Å²) in [7, 11) is 0. The fraction of sp³-hybridized carbons (Fsp3) is 0.304. The summed E-state index contributed by atoms with van der Waals surface area (Å²) in [4.78, 5) is 30.7. The molecule has 30 heavy (non-hydrogen) atoms. The monoisotopic (exact) mass is 424 g/mol. The Morgan fingerprint density at radius 2 is 1.80 bits per heavy atom. The molecule has 0 saturated carbocycles. The minimum Gasteiger partial charge on any atom is -0.450 e. The van der Waals surface area contributed by atoms with Gasteiger partial charge in [0.1, 0.15) is 5.58 Å². The van der Waals surface area contributed by atoms with Gasteiger partial charge in [0.2, 0.25) is 5.76 Å².